The highest BCUT2D eigenvalue weighted by molar-refractivity contribution is 5.97. The lowest BCUT2D eigenvalue weighted by Crippen LogP contribution is -2.32. The molecule has 2 N–H and O–H groups in total. The Morgan fingerprint density at radius 3 is 2.03 bits per heavy atom. The van der Waals surface area contributed by atoms with Crippen LogP contribution in [-0.4, -0.2) is 64.9 Å². The van der Waals surface area contributed by atoms with E-state index < -0.39 is 30.9 Å². The maximum Gasteiger partial charge on any atom is 0.325 e. The first-order valence-corrected chi connectivity index (χ1v) is 11.1. The fourth-order valence-electron chi connectivity index (χ4n) is 3.44. The number of carbonyl (C=O) groups is 3. The van der Waals surface area contributed by atoms with Crippen LogP contribution in [0.1, 0.15) is 31.1 Å². The number of nitrogens with one attached hydrogen (secondary N) is 2. The van der Waals surface area contributed by atoms with E-state index in [0.717, 1.165) is 12.2 Å². The first kappa shape index (κ1) is 27.3. The van der Waals surface area contributed by atoms with Crippen LogP contribution in [0.4, 0.5) is 11.4 Å². The van der Waals surface area contributed by atoms with Crippen LogP contribution in [0.25, 0.3) is 0 Å². The van der Waals surface area contributed by atoms with E-state index in [4.69, 9.17) is 18.9 Å². The smallest absolute Gasteiger partial charge is 0.325 e. The summed E-state index contributed by atoms with van der Waals surface area (Å²) in [6, 6.07) is 10.7. The Balaban J connectivity index is 1.85. The molecule has 190 valence electrons. The van der Waals surface area contributed by atoms with Crippen molar-refractivity contribution in [3.63, 3.8) is 0 Å². The molecule has 35 heavy (non-hydrogen) atoms. The minimum absolute atomic E-state index is 0.201. The molecule has 0 aliphatic carbocycles. The van der Waals surface area contributed by atoms with Gasteiger partial charge < -0.3 is 34.5 Å². The molecule has 2 aromatic carbocycles. The molecular formula is C25H33N3O7. The number of nitrogens with zero attached hydrogens (tertiary/aromatic N) is 1. The molecule has 0 spiro atoms. The Bertz CT molecular complexity index is 997. The summed E-state index contributed by atoms with van der Waals surface area (Å²) in [4.78, 5) is 38.8. The van der Waals surface area contributed by atoms with Gasteiger partial charge in [-0.15, -0.1) is 0 Å². The second kappa shape index (κ2) is 13.1. The van der Waals surface area contributed by atoms with E-state index in [1.54, 1.807) is 12.1 Å². The topological polar surface area (TPSA) is 115 Å². The molecule has 10 heteroatoms. The van der Waals surface area contributed by atoms with Gasteiger partial charge in [-0.1, -0.05) is 0 Å². The van der Waals surface area contributed by atoms with E-state index in [1.807, 2.05) is 12.1 Å². The van der Waals surface area contributed by atoms with Crippen molar-refractivity contribution in [3.05, 3.63) is 42.0 Å². The number of carbonyl (C=O) groups excluding carboxylic acids is 3. The molecule has 0 aromatic heterocycles. The van der Waals surface area contributed by atoms with Crippen LogP contribution in [0.5, 0.6) is 17.2 Å². The predicted octanol–water partition coefficient (Wildman–Crippen LogP) is 2.86. The number of ether oxygens (including phenoxy) is 4. The van der Waals surface area contributed by atoms with Crippen LogP contribution in [0.3, 0.4) is 0 Å². The minimum Gasteiger partial charge on any atom is -0.493 e. The Morgan fingerprint density at radius 1 is 0.943 bits per heavy atom. The molecular weight excluding hydrogens is 454 g/mol. The summed E-state index contributed by atoms with van der Waals surface area (Å²) in [6.07, 6.45) is 0. The highest BCUT2D eigenvalue weighted by Crippen LogP contribution is 2.38. The van der Waals surface area contributed by atoms with Crippen LogP contribution < -0.4 is 29.7 Å². The average Bonchev–Trinajstić information content (AvgIpc) is 2.86. The zero-order chi connectivity index (χ0) is 26.0. The molecule has 0 aliphatic rings. The van der Waals surface area contributed by atoms with Crippen molar-refractivity contribution in [2.24, 2.45) is 0 Å². The quantitative estimate of drug-likeness (QED) is 0.439. The highest BCUT2D eigenvalue weighted by atomic mass is 16.5. The van der Waals surface area contributed by atoms with Crippen molar-refractivity contribution in [2.75, 3.05) is 51.2 Å². The first-order valence-electron chi connectivity index (χ1n) is 11.1. The molecule has 0 atom stereocenters. The zero-order valence-corrected chi connectivity index (χ0v) is 21.0. The maximum atomic E-state index is 12.4. The van der Waals surface area contributed by atoms with Gasteiger partial charge in [0.1, 0.15) is 6.54 Å². The summed E-state index contributed by atoms with van der Waals surface area (Å²) in [7, 11) is 4.32. The van der Waals surface area contributed by atoms with Crippen LogP contribution in [-0.2, 0) is 14.3 Å². The minimum atomic E-state index is -0.758. The predicted molar refractivity (Wildman–Crippen MR) is 133 cm³/mol. The maximum absolute atomic E-state index is 12.4. The molecule has 0 saturated heterocycles. The van der Waals surface area contributed by atoms with Crippen molar-refractivity contribution in [1.29, 1.82) is 0 Å². The van der Waals surface area contributed by atoms with Crippen molar-refractivity contribution in [1.82, 2.24) is 5.32 Å². The van der Waals surface area contributed by atoms with E-state index in [1.165, 1.54) is 33.5 Å². The third-order valence-corrected chi connectivity index (χ3v) is 5.13. The first-order chi connectivity index (χ1) is 16.7. The summed E-state index contributed by atoms with van der Waals surface area (Å²) in [5, 5.41) is 5.12. The van der Waals surface area contributed by atoms with Crippen LogP contribution in [0, 0.1) is 0 Å². The van der Waals surface area contributed by atoms with Gasteiger partial charge in [-0.05, 0) is 57.2 Å². The molecule has 0 bridgehead atoms. The number of hydrogen-bond donors (Lipinski definition) is 2. The Morgan fingerprint density at radius 2 is 1.54 bits per heavy atom. The van der Waals surface area contributed by atoms with Gasteiger partial charge in [0.05, 0.1) is 21.3 Å². The van der Waals surface area contributed by atoms with Crippen molar-refractivity contribution >= 4 is 29.2 Å². The number of benzene rings is 2. The number of amides is 2. The molecule has 0 heterocycles. The van der Waals surface area contributed by atoms with Gasteiger partial charge in [0, 0.05) is 29.5 Å². The fourth-order valence-corrected chi connectivity index (χ4v) is 3.44. The second-order valence-corrected chi connectivity index (χ2v) is 7.73. The summed E-state index contributed by atoms with van der Waals surface area (Å²) < 4.78 is 20.6. The lowest BCUT2D eigenvalue weighted by Gasteiger charge is -2.27. The Labute approximate surface area is 205 Å². The molecule has 0 saturated carbocycles. The Hall–Kier alpha value is -3.95. The van der Waals surface area contributed by atoms with Crippen LogP contribution in [0.15, 0.2) is 36.4 Å². The molecule has 10 nitrogen and oxygen atoms in total. The van der Waals surface area contributed by atoms with Gasteiger partial charge in [-0.3, -0.25) is 14.4 Å². The monoisotopic (exact) mass is 487 g/mol. The number of anilines is 2. The molecule has 0 unspecified atom stereocenters. The van der Waals surface area contributed by atoms with Gasteiger partial charge >= 0.3 is 5.97 Å². The van der Waals surface area contributed by atoms with Crippen molar-refractivity contribution < 1.29 is 33.3 Å². The highest BCUT2D eigenvalue weighted by Gasteiger charge is 2.18. The third-order valence-electron chi connectivity index (χ3n) is 5.13. The molecule has 2 amide bonds. The van der Waals surface area contributed by atoms with E-state index in [-0.39, 0.29) is 5.56 Å². The lowest BCUT2D eigenvalue weighted by molar-refractivity contribution is -0.146. The van der Waals surface area contributed by atoms with Crippen molar-refractivity contribution in [3.8, 4) is 17.2 Å². The number of esters is 1. The van der Waals surface area contributed by atoms with Gasteiger partial charge in [0.25, 0.3) is 11.8 Å². The van der Waals surface area contributed by atoms with Gasteiger partial charge in [0.2, 0.25) is 5.75 Å². The molecule has 0 aliphatic heterocycles. The van der Waals surface area contributed by atoms with E-state index in [9.17, 15) is 14.4 Å². The van der Waals surface area contributed by atoms with Gasteiger partial charge in [0.15, 0.2) is 18.1 Å². The standard InChI is InChI=1S/C25H33N3O7/c1-7-28(16(2)3)19-10-8-18(9-11-19)27-22(29)15-35-23(30)14-26-25(31)17-12-20(32-4)24(34-6)21(13-17)33-5/h8-13,16H,7,14-15H2,1-6H3,(H,26,31)(H,27,29). The van der Waals surface area contributed by atoms with E-state index >= 15 is 0 Å². The zero-order valence-electron chi connectivity index (χ0n) is 21.0. The average molecular weight is 488 g/mol. The van der Waals surface area contributed by atoms with Gasteiger partial charge in [-0.25, -0.2) is 0 Å². The number of methoxy groups -OCH3 is 3. The number of hydrogen-bond acceptors (Lipinski definition) is 8. The van der Waals surface area contributed by atoms with Crippen molar-refractivity contribution in [2.45, 2.75) is 26.8 Å². The molecule has 2 rings (SSSR count). The largest absolute Gasteiger partial charge is 0.493 e. The lowest BCUT2D eigenvalue weighted by atomic mass is 10.1. The molecule has 0 fully saturated rings. The summed E-state index contributed by atoms with van der Waals surface area (Å²) >= 11 is 0. The Kier molecular flexibility index (Phi) is 10.2. The van der Waals surface area contributed by atoms with E-state index in [0.29, 0.717) is 29.0 Å². The molecule has 0 radical (unpaired) electrons. The molecule has 2 aromatic rings. The number of rotatable bonds is 12. The normalized spacial score (nSPS) is 10.4. The summed E-state index contributed by atoms with van der Waals surface area (Å²) in [6.45, 7) is 6.28. The van der Waals surface area contributed by atoms with E-state index in [2.05, 4.69) is 36.3 Å². The summed E-state index contributed by atoms with van der Waals surface area (Å²) in [5.74, 6) is -0.848. The fraction of sp³-hybridized carbons (Fsp3) is 0.400. The summed E-state index contributed by atoms with van der Waals surface area (Å²) in [5.41, 5.74) is 1.84. The second-order valence-electron chi connectivity index (χ2n) is 7.73. The van der Waals surface area contributed by atoms with Crippen LogP contribution >= 0.6 is 0 Å². The van der Waals surface area contributed by atoms with Crippen LogP contribution in [0.2, 0.25) is 0 Å². The third kappa shape index (κ3) is 7.53. The SMILES string of the molecule is CCN(c1ccc(NC(=O)COC(=O)CNC(=O)c2cc(OC)c(OC)c(OC)c2)cc1)C(C)C. The van der Waals surface area contributed by atoms with Gasteiger partial charge in [-0.2, -0.15) is 0 Å².